The molecule has 9 nitrogen and oxygen atoms in total. The summed E-state index contributed by atoms with van der Waals surface area (Å²) < 4.78 is 26.9. The lowest BCUT2D eigenvalue weighted by Crippen LogP contribution is -2.47. The molecule has 1 fully saturated rings. The molecule has 0 aliphatic carbocycles. The Kier molecular flexibility index (Phi) is 7.22. The third-order valence-electron chi connectivity index (χ3n) is 7.41. The highest BCUT2D eigenvalue weighted by atomic mass is 35.5. The molecule has 43 heavy (non-hydrogen) atoms. The Labute approximate surface area is 251 Å². The Hall–Kier alpha value is -4.80. The number of benzene rings is 3. The molecule has 7 rings (SSSR count). The van der Waals surface area contributed by atoms with Gasteiger partial charge in [0.05, 0.1) is 29.3 Å². The summed E-state index contributed by atoms with van der Waals surface area (Å²) in [5.74, 6) is 2.73. The van der Waals surface area contributed by atoms with Crippen LogP contribution in [-0.2, 0) is 13.2 Å². The van der Waals surface area contributed by atoms with Crippen molar-refractivity contribution in [3.8, 4) is 17.0 Å². The molecule has 0 bridgehead atoms. The second kappa shape index (κ2) is 11.5. The van der Waals surface area contributed by atoms with Crippen LogP contribution < -0.4 is 10.1 Å². The van der Waals surface area contributed by atoms with Crippen LogP contribution in [0.5, 0.6) is 5.75 Å². The van der Waals surface area contributed by atoms with Gasteiger partial charge < -0.3 is 14.5 Å². The summed E-state index contributed by atoms with van der Waals surface area (Å²) >= 11 is 6.51. The number of nitrogens with one attached hydrogen (secondary N) is 1. The second-order valence-corrected chi connectivity index (χ2v) is 11.0. The number of likely N-dealkylation sites (tertiary alicyclic amines) is 1. The summed E-state index contributed by atoms with van der Waals surface area (Å²) in [6.07, 6.45) is 3.50. The number of hydrogen-bond acceptors (Lipinski definition) is 8. The Morgan fingerprint density at radius 3 is 2.77 bits per heavy atom. The van der Waals surface area contributed by atoms with Crippen molar-refractivity contribution in [1.29, 1.82) is 0 Å². The highest BCUT2D eigenvalue weighted by molar-refractivity contribution is 6.32. The lowest BCUT2D eigenvalue weighted by Gasteiger charge is -2.38. The zero-order valence-corrected chi connectivity index (χ0v) is 24.0. The molecule has 0 atom stereocenters. The van der Waals surface area contributed by atoms with Gasteiger partial charge in [0.1, 0.15) is 47.5 Å². The maximum Gasteiger partial charge on any atom is 0.141 e. The van der Waals surface area contributed by atoms with Gasteiger partial charge in [0, 0.05) is 29.7 Å². The van der Waals surface area contributed by atoms with Crippen LogP contribution >= 0.6 is 11.6 Å². The summed E-state index contributed by atoms with van der Waals surface area (Å²) in [6.45, 7) is 4.73. The number of hydrogen-bond donors (Lipinski definition) is 1. The van der Waals surface area contributed by atoms with E-state index in [1.54, 1.807) is 24.3 Å². The molecule has 0 saturated carbocycles. The number of rotatable bonds is 9. The van der Waals surface area contributed by atoms with E-state index in [4.69, 9.17) is 20.8 Å². The van der Waals surface area contributed by atoms with Gasteiger partial charge in [-0.15, -0.1) is 5.10 Å². The number of furan rings is 1. The average Bonchev–Trinajstić information content (AvgIpc) is 3.63. The Morgan fingerprint density at radius 2 is 1.95 bits per heavy atom. The van der Waals surface area contributed by atoms with Crippen LogP contribution in [0.2, 0.25) is 5.02 Å². The minimum absolute atomic E-state index is 0.206. The number of aromatic nitrogens is 5. The molecular weight excluding hydrogens is 569 g/mol. The van der Waals surface area contributed by atoms with E-state index in [9.17, 15) is 4.39 Å². The highest BCUT2D eigenvalue weighted by Gasteiger charge is 2.30. The molecule has 3 aromatic carbocycles. The summed E-state index contributed by atoms with van der Waals surface area (Å²) in [5.41, 5.74) is 3.94. The predicted octanol–water partition coefficient (Wildman–Crippen LogP) is 6.96. The fourth-order valence-corrected chi connectivity index (χ4v) is 5.39. The van der Waals surface area contributed by atoms with Crippen molar-refractivity contribution in [2.75, 3.05) is 18.4 Å². The Morgan fingerprint density at radius 1 is 1.05 bits per heavy atom. The van der Waals surface area contributed by atoms with Crippen molar-refractivity contribution >= 4 is 34.0 Å². The van der Waals surface area contributed by atoms with E-state index >= 15 is 0 Å². The van der Waals surface area contributed by atoms with Crippen molar-refractivity contribution in [3.05, 3.63) is 113 Å². The predicted molar refractivity (Wildman–Crippen MR) is 162 cm³/mol. The largest absolute Gasteiger partial charge is 0.487 e. The Balaban J connectivity index is 1.04. The number of aryl methyl sites for hydroxylation is 1. The van der Waals surface area contributed by atoms with Crippen molar-refractivity contribution in [1.82, 2.24) is 29.9 Å². The van der Waals surface area contributed by atoms with Crippen molar-refractivity contribution in [3.63, 3.8) is 0 Å². The Bertz CT molecular complexity index is 1920. The van der Waals surface area contributed by atoms with Crippen molar-refractivity contribution < 1.29 is 13.5 Å². The van der Waals surface area contributed by atoms with Crippen LogP contribution in [0.15, 0.2) is 89.7 Å². The molecule has 0 unspecified atom stereocenters. The van der Waals surface area contributed by atoms with E-state index in [0.29, 0.717) is 16.6 Å². The third-order valence-corrected chi connectivity index (χ3v) is 7.70. The van der Waals surface area contributed by atoms with Crippen LogP contribution in [0.1, 0.15) is 23.1 Å². The lowest BCUT2D eigenvalue weighted by molar-refractivity contribution is 0.0820. The molecule has 0 radical (unpaired) electrons. The molecule has 0 amide bonds. The summed E-state index contributed by atoms with van der Waals surface area (Å²) in [5, 5.41) is 13.5. The second-order valence-electron chi connectivity index (χ2n) is 10.6. The first kappa shape index (κ1) is 27.1. The van der Waals surface area contributed by atoms with E-state index in [2.05, 4.69) is 30.5 Å². The summed E-state index contributed by atoms with van der Waals surface area (Å²) in [7, 11) is 0. The van der Waals surface area contributed by atoms with Gasteiger partial charge in [-0.2, -0.15) is 0 Å². The zero-order valence-electron chi connectivity index (χ0n) is 23.2. The normalized spacial score (nSPS) is 13.7. The molecule has 11 heteroatoms. The first-order valence-electron chi connectivity index (χ1n) is 13.9. The molecule has 6 aromatic rings. The number of anilines is 2. The van der Waals surface area contributed by atoms with Gasteiger partial charge in [0.25, 0.3) is 0 Å². The van der Waals surface area contributed by atoms with Gasteiger partial charge in [0.2, 0.25) is 0 Å². The highest BCUT2D eigenvalue weighted by Crippen LogP contribution is 2.32. The van der Waals surface area contributed by atoms with Crippen LogP contribution in [-0.4, -0.2) is 43.0 Å². The monoisotopic (exact) mass is 595 g/mol. The minimum atomic E-state index is -0.307. The number of halogens is 2. The molecule has 1 N–H and O–H groups in total. The van der Waals surface area contributed by atoms with E-state index in [0.717, 1.165) is 64.6 Å². The first-order chi connectivity index (χ1) is 21.0. The van der Waals surface area contributed by atoms with E-state index in [1.165, 1.54) is 18.5 Å². The van der Waals surface area contributed by atoms with Gasteiger partial charge in [0.15, 0.2) is 0 Å². The average molecular weight is 596 g/mol. The molecular formula is C32H27ClFN7O2. The van der Waals surface area contributed by atoms with Gasteiger partial charge in [-0.05, 0) is 67.1 Å². The van der Waals surface area contributed by atoms with Gasteiger partial charge >= 0.3 is 0 Å². The van der Waals surface area contributed by atoms with Gasteiger partial charge in [-0.1, -0.05) is 35.0 Å². The lowest BCUT2D eigenvalue weighted by atomic mass is 10.1. The van der Waals surface area contributed by atoms with Gasteiger partial charge in [-0.3, -0.25) is 4.90 Å². The zero-order chi connectivity index (χ0) is 29.3. The van der Waals surface area contributed by atoms with E-state index < -0.39 is 0 Å². The summed E-state index contributed by atoms with van der Waals surface area (Å²) in [4.78, 5) is 11.2. The van der Waals surface area contributed by atoms with Crippen molar-refractivity contribution in [2.24, 2.45) is 0 Å². The molecule has 1 saturated heterocycles. The standard InChI is InChI=1S/C32H27ClFN7O2/c1-20-5-8-26(43-20)16-40-14-25(15-40)41-17-30(38-39-41)22-6-9-29-27(12-22)32(36-19-35-29)37-24-7-10-31(28(33)13-24)42-18-21-3-2-4-23(34)11-21/h2-13,17,19,25H,14-16,18H2,1H3,(H,35,36,37). The third kappa shape index (κ3) is 5.93. The fraction of sp³-hybridized carbons (Fsp3) is 0.188. The molecule has 1 aliphatic rings. The van der Waals surface area contributed by atoms with Crippen LogP contribution in [0.25, 0.3) is 22.2 Å². The maximum atomic E-state index is 13.5. The maximum absolute atomic E-state index is 13.5. The van der Waals surface area contributed by atoms with E-state index in [1.807, 2.05) is 54.2 Å². The molecule has 216 valence electrons. The first-order valence-corrected chi connectivity index (χ1v) is 14.2. The van der Waals surface area contributed by atoms with Crippen LogP contribution in [0, 0.1) is 12.7 Å². The smallest absolute Gasteiger partial charge is 0.141 e. The quantitative estimate of drug-likeness (QED) is 0.192. The molecule has 1 aliphatic heterocycles. The number of ether oxygens (including phenoxy) is 1. The van der Waals surface area contributed by atoms with E-state index in [-0.39, 0.29) is 18.5 Å². The van der Waals surface area contributed by atoms with Crippen LogP contribution in [0.3, 0.4) is 0 Å². The van der Waals surface area contributed by atoms with Crippen LogP contribution in [0.4, 0.5) is 15.9 Å². The number of fused-ring (bicyclic) bond motifs is 1. The molecule has 3 aromatic heterocycles. The molecule has 4 heterocycles. The minimum Gasteiger partial charge on any atom is -0.487 e. The van der Waals surface area contributed by atoms with Crippen molar-refractivity contribution in [2.45, 2.75) is 26.1 Å². The molecule has 0 spiro atoms. The fourth-order valence-electron chi connectivity index (χ4n) is 5.15. The SMILES string of the molecule is Cc1ccc(CN2CC(n3cc(-c4ccc5ncnc(Nc6ccc(OCc7cccc(F)c7)c(Cl)c6)c5c4)nn3)C2)o1. The summed E-state index contributed by atoms with van der Waals surface area (Å²) in [6, 6.07) is 21.9. The van der Waals surface area contributed by atoms with Gasteiger partial charge in [-0.25, -0.2) is 19.0 Å². The topological polar surface area (TPSA) is 94.1 Å². The number of nitrogens with zero attached hydrogens (tertiary/aromatic N) is 6.